The summed E-state index contributed by atoms with van der Waals surface area (Å²) < 4.78 is 37.6. The molecule has 2 aromatic carbocycles. The second kappa shape index (κ2) is 6.05. The van der Waals surface area contributed by atoms with Crippen molar-refractivity contribution in [3.8, 4) is 5.75 Å². The number of hydrogen-bond acceptors (Lipinski definition) is 3. The fraction of sp³-hybridized carbons (Fsp3) is 0.0714. The molecule has 0 spiro atoms. The molecule has 2 aromatic rings. The highest BCUT2D eigenvalue weighted by Gasteiger charge is 2.30. The van der Waals surface area contributed by atoms with Crippen LogP contribution in [-0.2, 0) is 6.18 Å². The maximum absolute atomic E-state index is 12.5. The summed E-state index contributed by atoms with van der Waals surface area (Å²) >= 11 is 5.77. The summed E-state index contributed by atoms with van der Waals surface area (Å²) in [6.07, 6.45) is -3.14. The van der Waals surface area contributed by atoms with Gasteiger partial charge >= 0.3 is 6.18 Å². The lowest BCUT2D eigenvalue weighted by molar-refractivity contribution is -0.137. The first-order chi connectivity index (χ1) is 9.86. The lowest BCUT2D eigenvalue weighted by atomic mass is 10.2. The van der Waals surface area contributed by atoms with E-state index < -0.39 is 11.7 Å². The van der Waals surface area contributed by atoms with Gasteiger partial charge in [-0.05, 0) is 36.4 Å². The van der Waals surface area contributed by atoms with E-state index in [2.05, 4.69) is 10.5 Å². The Bertz CT molecular complexity index is 672. The Morgan fingerprint density at radius 1 is 1.14 bits per heavy atom. The highest BCUT2D eigenvalue weighted by atomic mass is 35.5. The molecule has 0 saturated carbocycles. The van der Waals surface area contributed by atoms with Crippen LogP contribution in [0.25, 0.3) is 0 Å². The number of phenols is 1. The van der Waals surface area contributed by atoms with Crippen LogP contribution < -0.4 is 5.43 Å². The summed E-state index contributed by atoms with van der Waals surface area (Å²) in [4.78, 5) is 0. The molecule has 0 amide bonds. The molecule has 21 heavy (non-hydrogen) atoms. The predicted octanol–water partition coefficient (Wildman–Crippen LogP) is 4.51. The minimum atomic E-state index is -4.41. The van der Waals surface area contributed by atoms with Gasteiger partial charge in [0.25, 0.3) is 0 Å². The first-order valence-electron chi connectivity index (χ1n) is 5.81. The van der Waals surface area contributed by atoms with Gasteiger partial charge < -0.3 is 5.11 Å². The van der Waals surface area contributed by atoms with Crippen molar-refractivity contribution in [2.24, 2.45) is 5.10 Å². The Hall–Kier alpha value is -2.21. The largest absolute Gasteiger partial charge is 0.507 e. The summed E-state index contributed by atoms with van der Waals surface area (Å²) in [5.74, 6) is -0.0333. The summed E-state index contributed by atoms with van der Waals surface area (Å²) in [5, 5.41) is 13.7. The molecule has 0 aliphatic rings. The number of nitrogens with one attached hydrogen (secondary N) is 1. The number of nitrogens with zero attached hydrogens (tertiary/aromatic N) is 1. The van der Waals surface area contributed by atoms with Crippen LogP contribution in [0, 0.1) is 0 Å². The summed E-state index contributed by atoms with van der Waals surface area (Å²) in [5.41, 5.74) is 2.23. The summed E-state index contributed by atoms with van der Waals surface area (Å²) in [7, 11) is 0. The van der Waals surface area contributed by atoms with E-state index in [1.54, 1.807) is 0 Å². The van der Waals surface area contributed by atoms with Crippen LogP contribution in [0.5, 0.6) is 5.75 Å². The fourth-order valence-corrected chi connectivity index (χ4v) is 1.75. The molecule has 110 valence electrons. The number of rotatable bonds is 3. The molecular weight excluding hydrogens is 305 g/mol. The maximum Gasteiger partial charge on any atom is 0.416 e. The van der Waals surface area contributed by atoms with E-state index in [0.717, 1.165) is 12.1 Å². The van der Waals surface area contributed by atoms with Crippen molar-refractivity contribution >= 4 is 23.5 Å². The number of alkyl halides is 3. The Kier molecular flexibility index (Phi) is 4.37. The molecule has 0 bridgehead atoms. The smallest absolute Gasteiger partial charge is 0.416 e. The van der Waals surface area contributed by atoms with Crippen molar-refractivity contribution in [3.05, 3.63) is 58.6 Å². The zero-order valence-electron chi connectivity index (χ0n) is 10.5. The van der Waals surface area contributed by atoms with Crippen LogP contribution in [0.2, 0.25) is 5.02 Å². The molecule has 0 heterocycles. The molecule has 0 aliphatic heterocycles. The standard InChI is InChI=1S/C14H10ClF3N2O/c15-11-4-5-13(21)9(6-11)8-19-20-12-3-1-2-10(7-12)14(16,17)18/h1-8,20-21H. The van der Waals surface area contributed by atoms with Gasteiger partial charge in [-0.2, -0.15) is 18.3 Å². The van der Waals surface area contributed by atoms with E-state index in [0.29, 0.717) is 10.6 Å². The van der Waals surface area contributed by atoms with E-state index in [1.165, 1.54) is 36.5 Å². The van der Waals surface area contributed by atoms with Gasteiger partial charge in [-0.1, -0.05) is 17.7 Å². The lowest BCUT2D eigenvalue weighted by Gasteiger charge is -2.08. The molecule has 7 heteroatoms. The average molecular weight is 315 g/mol. The maximum atomic E-state index is 12.5. The van der Waals surface area contributed by atoms with Crippen molar-refractivity contribution in [1.82, 2.24) is 0 Å². The molecule has 0 unspecified atom stereocenters. The van der Waals surface area contributed by atoms with Gasteiger partial charge in [0, 0.05) is 10.6 Å². The predicted molar refractivity (Wildman–Crippen MR) is 75.8 cm³/mol. The third kappa shape index (κ3) is 4.13. The highest BCUT2D eigenvalue weighted by Crippen LogP contribution is 2.30. The molecule has 2 N–H and O–H groups in total. The number of anilines is 1. The Morgan fingerprint density at radius 3 is 2.62 bits per heavy atom. The van der Waals surface area contributed by atoms with Crippen LogP contribution >= 0.6 is 11.6 Å². The third-order valence-electron chi connectivity index (χ3n) is 2.58. The summed E-state index contributed by atoms with van der Waals surface area (Å²) in [6, 6.07) is 9.02. The molecule has 0 saturated heterocycles. The summed E-state index contributed by atoms with van der Waals surface area (Å²) in [6.45, 7) is 0. The minimum Gasteiger partial charge on any atom is -0.507 e. The number of benzene rings is 2. The quantitative estimate of drug-likeness (QED) is 0.646. The monoisotopic (exact) mass is 314 g/mol. The molecule has 3 nitrogen and oxygen atoms in total. The number of halogens is 4. The van der Waals surface area contributed by atoms with Crippen molar-refractivity contribution < 1.29 is 18.3 Å². The molecule has 2 rings (SSSR count). The molecule has 0 fully saturated rings. The lowest BCUT2D eigenvalue weighted by Crippen LogP contribution is -2.05. The van der Waals surface area contributed by atoms with Crippen LogP contribution in [-0.4, -0.2) is 11.3 Å². The first-order valence-corrected chi connectivity index (χ1v) is 6.19. The van der Waals surface area contributed by atoms with Gasteiger partial charge in [-0.3, -0.25) is 5.43 Å². The second-order valence-electron chi connectivity index (χ2n) is 4.15. The molecule has 0 aliphatic carbocycles. The molecule has 0 aromatic heterocycles. The molecule has 0 atom stereocenters. The number of hydrazone groups is 1. The Balaban J connectivity index is 2.13. The van der Waals surface area contributed by atoms with Crippen LogP contribution in [0.3, 0.4) is 0 Å². The highest BCUT2D eigenvalue weighted by molar-refractivity contribution is 6.30. The van der Waals surface area contributed by atoms with Gasteiger partial charge in [-0.15, -0.1) is 0 Å². The SMILES string of the molecule is Oc1ccc(Cl)cc1C=NNc1cccc(C(F)(F)F)c1. The van der Waals surface area contributed by atoms with Crippen molar-refractivity contribution in [2.45, 2.75) is 6.18 Å². The second-order valence-corrected chi connectivity index (χ2v) is 4.59. The van der Waals surface area contributed by atoms with Crippen molar-refractivity contribution in [3.63, 3.8) is 0 Å². The van der Waals surface area contributed by atoms with Gasteiger partial charge in [-0.25, -0.2) is 0 Å². The van der Waals surface area contributed by atoms with Crippen LogP contribution in [0.1, 0.15) is 11.1 Å². The number of aromatic hydroxyl groups is 1. The van der Waals surface area contributed by atoms with Gasteiger partial charge in [0.15, 0.2) is 0 Å². The fourth-order valence-electron chi connectivity index (χ4n) is 1.57. The van der Waals surface area contributed by atoms with Gasteiger partial charge in [0.05, 0.1) is 17.5 Å². The zero-order chi connectivity index (χ0) is 15.5. The molecular formula is C14H10ClF3N2O. The number of phenolic OH excluding ortho intramolecular Hbond substituents is 1. The number of hydrogen-bond donors (Lipinski definition) is 2. The first kappa shape index (κ1) is 15.2. The van der Waals surface area contributed by atoms with Gasteiger partial charge in [0.1, 0.15) is 5.75 Å². The van der Waals surface area contributed by atoms with E-state index >= 15 is 0 Å². The third-order valence-corrected chi connectivity index (χ3v) is 2.81. The Morgan fingerprint density at radius 2 is 1.90 bits per heavy atom. The van der Waals surface area contributed by atoms with Crippen molar-refractivity contribution in [2.75, 3.05) is 5.43 Å². The minimum absolute atomic E-state index is 0.0333. The normalized spacial score (nSPS) is 11.8. The van der Waals surface area contributed by atoms with E-state index in [9.17, 15) is 18.3 Å². The van der Waals surface area contributed by atoms with E-state index in [1.807, 2.05) is 0 Å². The molecule has 0 radical (unpaired) electrons. The van der Waals surface area contributed by atoms with Crippen molar-refractivity contribution in [1.29, 1.82) is 0 Å². The topological polar surface area (TPSA) is 44.6 Å². The Labute approximate surface area is 123 Å². The van der Waals surface area contributed by atoms with E-state index in [-0.39, 0.29) is 11.4 Å². The van der Waals surface area contributed by atoms with Gasteiger partial charge in [0.2, 0.25) is 0 Å². The van der Waals surface area contributed by atoms with Crippen LogP contribution in [0.4, 0.5) is 18.9 Å². The van der Waals surface area contributed by atoms with Crippen LogP contribution in [0.15, 0.2) is 47.6 Å². The zero-order valence-corrected chi connectivity index (χ0v) is 11.3. The van der Waals surface area contributed by atoms with E-state index in [4.69, 9.17) is 11.6 Å². The average Bonchev–Trinajstić information content (AvgIpc) is 2.42.